The van der Waals surface area contributed by atoms with Crippen molar-refractivity contribution in [3.63, 3.8) is 0 Å². The Morgan fingerprint density at radius 1 is 1.00 bits per heavy atom. The molecule has 0 aromatic heterocycles. The summed E-state index contributed by atoms with van der Waals surface area (Å²) < 4.78 is 26.3. The van der Waals surface area contributed by atoms with Gasteiger partial charge in [-0.2, -0.15) is 0 Å². The van der Waals surface area contributed by atoms with Gasteiger partial charge in [0.15, 0.2) is 0 Å². The third-order valence-electron chi connectivity index (χ3n) is 12.0. The lowest BCUT2D eigenvalue weighted by Gasteiger charge is -2.60. The molecule has 306 valence electrons. The van der Waals surface area contributed by atoms with E-state index in [1.54, 1.807) is 12.2 Å². The average molecular weight is 767 g/mol. The number of carbonyl (C=O) groups is 1. The van der Waals surface area contributed by atoms with Gasteiger partial charge in [0, 0.05) is 44.1 Å². The Bertz CT molecular complexity index is 1440. The third kappa shape index (κ3) is 10.4. The molecule has 55 heavy (non-hydrogen) atoms. The fraction of sp³-hybridized carbons (Fsp3) is 0.682. The number of unbranched alkanes of at least 4 members (excludes halogenated alkanes) is 2. The SMILES string of the molecule is C=CCOc1ccc2c(c1)C1C(CCCCO)C(CCCCO)C=C3C(=NOCC)CC(N(CCOCCO)C(=O)CCC4CCCC4)C(OCC=C)(O2)C31. The molecule has 0 bridgehead atoms. The highest BCUT2D eigenvalue weighted by Crippen LogP contribution is 2.62. The van der Waals surface area contributed by atoms with Gasteiger partial charge in [-0.25, -0.2) is 0 Å². The molecule has 3 aliphatic carbocycles. The Hall–Kier alpha value is -3.22. The van der Waals surface area contributed by atoms with Crippen LogP contribution in [-0.2, 0) is 19.1 Å². The highest BCUT2D eigenvalue weighted by Gasteiger charge is 2.65. The smallest absolute Gasteiger partial charge is 0.239 e. The molecule has 5 rings (SSSR count). The number of allylic oxidation sites excluding steroid dienone is 1. The van der Waals surface area contributed by atoms with E-state index in [1.807, 2.05) is 24.0 Å². The van der Waals surface area contributed by atoms with Crippen LogP contribution in [0, 0.1) is 23.7 Å². The van der Waals surface area contributed by atoms with Crippen LogP contribution in [0.4, 0.5) is 0 Å². The fourth-order valence-electron chi connectivity index (χ4n) is 9.59. The zero-order valence-corrected chi connectivity index (χ0v) is 33.1. The number of fused-ring (bicyclic) bond motifs is 2. The number of ether oxygens (including phenoxy) is 4. The van der Waals surface area contributed by atoms with Crippen LogP contribution in [0.1, 0.15) is 102 Å². The topological polar surface area (TPSA) is 140 Å². The number of carbonyl (C=O) groups excluding carboxylic acids is 1. The number of aliphatic hydroxyl groups is 3. The van der Waals surface area contributed by atoms with E-state index in [4.69, 9.17) is 28.9 Å². The van der Waals surface area contributed by atoms with Crippen molar-refractivity contribution in [3.05, 3.63) is 60.7 Å². The van der Waals surface area contributed by atoms with Crippen molar-refractivity contribution < 1.29 is 43.9 Å². The quantitative estimate of drug-likeness (QED) is 0.0563. The Kier molecular flexibility index (Phi) is 17.1. The lowest BCUT2D eigenvalue weighted by Crippen LogP contribution is -2.70. The van der Waals surface area contributed by atoms with Gasteiger partial charge in [0.25, 0.3) is 0 Å². The lowest BCUT2D eigenvalue weighted by molar-refractivity contribution is -0.258. The van der Waals surface area contributed by atoms with E-state index >= 15 is 0 Å². The van der Waals surface area contributed by atoms with Crippen LogP contribution in [0.25, 0.3) is 0 Å². The van der Waals surface area contributed by atoms with Crippen molar-refractivity contribution in [2.45, 2.75) is 108 Å². The molecule has 0 radical (unpaired) electrons. The Morgan fingerprint density at radius 2 is 1.76 bits per heavy atom. The summed E-state index contributed by atoms with van der Waals surface area (Å²) >= 11 is 0. The number of benzene rings is 1. The van der Waals surface area contributed by atoms with E-state index in [0.717, 1.165) is 61.8 Å². The summed E-state index contributed by atoms with van der Waals surface area (Å²) in [6.07, 6.45) is 16.9. The predicted octanol–water partition coefficient (Wildman–Crippen LogP) is 6.71. The molecule has 6 atom stereocenters. The van der Waals surface area contributed by atoms with Gasteiger partial charge in [0.1, 0.15) is 30.8 Å². The Labute approximate surface area is 328 Å². The molecule has 6 unspecified atom stereocenters. The first kappa shape index (κ1) is 42.9. The molecule has 3 N–H and O–H groups in total. The predicted molar refractivity (Wildman–Crippen MR) is 213 cm³/mol. The van der Waals surface area contributed by atoms with E-state index in [1.165, 1.54) is 12.8 Å². The van der Waals surface area contributed by atoms with E-state index in [9.17, 15) is 20.1 Å². The van der Waals surface area contributed by atoms with Crippen LogP contribution < -0.4 is 9.47 Å². The van der Waals surface area contributed by atoms with Crippen molar-refractivity contribution in [1.29, 1.82) is 0 Å². The van der Waals surface area contributed by atoms with Gasteiger partial charge >= 0.3 is 0 Å². The molecule has 1 aliphatic heterocycles. The van der Waals surface area contributed by atoms with Crippen molar-refractivity contribution in [3.8, 4) is 11.5 Å². The van der Waals surface area contributed by atoms with Crippen LogP contribution in [0.5, 0.6) is 11.5 Å². The highest BCUT2D eigenvalue weighted by molar-refractivity contribution is 6.03. The first-order chi connectivity index (χ1) is 27.0. The maximum absolute atomic E-state index is 14.7. The maximum atomic E-state index is 14.7. The molecule has 1 heterocycles. The van der Waals surface area contributed by atoms with Gasteiger partial charge in [-0.15, -0.1) is 6.58 Å². The molecule has 1 aromatic rings. The maximum Gasteiger partial charge on any atom is 0.239 e. The molecule has 0 spiro atoms. The standard InChI is InChI=1S/C44H66N2O9/c1-4-25-52-34-18-19-39-37(30-34)42-35(16-10-12-23-48)33(15-9-11-22-47)29-36-38(45-54-6-3)31-40(44(55-39,43(36)42)53-26-5-2)46(21-27-51-28-24-49)41(50)20-17-32-13-7-8-14-32/h4-5,18-19,29-30,32-33,35,40,42-43,47-49H,1-2,6-17,20-28,31H2,3H3. The normalized spacial score (nSPS) is 26.4. The van der Waals surface area contributed by atoms with Crippen molar-refractivity contribution >= 4 is 11.6 Å². The molecule has 11 heteroatoms. The molecule has 2 fully saturated rings. The van der Waals surface area contributed by atoms with E-state index in [0.29, 0.717) is 62.9 Å². The van der Waals surface area contributed by atoms with Crippen LogP contribution in [0.2, 0.25) is 0 Å². The number of hydrogen-bond donors (Lipinski definition) is 3. The van der Waals surface area contributed by atoms with Gasteiger partial charge in [0.2, 0.25) is 11.7 Å². The molecule has 0 saturated heterocycles. The minimum atomic E-state index is -1.32. The molecule has 2 saturated carbocycles. The Morgan fingerprint density at radius 3 is 2.47 bits per heavy atom. The van der Waals surface area contributed by atoms with E-state index in [2.05, 4.69) is 25.3 Å². The monoisotopic (exact) mass is 766 g/mol. The first-order valence-corrected chi connectivity index (χ1v) is 20.9. The van der Waals surface area contributed by atoms with Gasteiger partial charge in [0.05, 0.1) is 38.1 Å². The minimum absolute atomic E-state index is 0.0190. The number of amides is 1. The van der Waals surface area contributed by atoms with Gasteiger partial charge in [-0.3, -0.25) is 4.79 Å². The summed E-state index contributed by atoms with van der Waals surface area (Å²) in [6.45, 7) is 11.6. The van der Waals surface area contributed by atoms with Crippen molar-refractivity contribution in [2.75, 3.05) is 59.4 Å². The zero-order chi connectivity index (χ0) is 39.0. The van der Waals surface area contributed by atoms with Crippen LogP contribution >= 0.6 is 0 Å². The van der Waals surface area contributed by atoms with Gasteiger partial charge in [-0.05, 0) is 80.6 Å². The fourth-order valence-corrected chi connectivity index (χ4v) is 9.59. The summed E-state index contributed by atoms with van der Waals surface area (Å²) in [5, 5.41) is 34.0. The molecule has 4 aliphatic rings. The molecular weight excluding hydrogens is 700 g/mol. The molecule has 11 nitrogen and oxygen atoms in total. The first-order valence-electron chi connectivity index (χ1n) is 20.9. The van der Waals surface area contributed by atoms with E-state index < -0.39 is 11.8 Å². The van der Waals surface area contributed by atoms with Crippen molar-refractivity contribution in [1.82, 2.24) is 4.90 Å². The van der Waals surface area contributed by atoms with Gasteiger partial charge < -0.3 is 44.0 Å². The number of aliphatic hydroxyl groups excluding tert-OH is 3. The van der Waals surface area contributed by atoms with Gasteiger partial charge in [-0.1, -0.05) is 68.5 Å². The highest BCUT2D eigenvalue weighted by atomic mass is 16.7. The summed E-state index contributed by atoms with van der Waals surface area (Å²) in [4.78, 5) is 22.4. The lowest BCUT2D eigenvalue weighted by atomic mass is 9.55. The average Bonchev–Trinajstić information content (AvgIpc) is 3.73. The number of rotatable bonds is 25. The summed E-state index contributed by atoms with van der Waals surface area (Å²) in [5.41, 5.74) is 2.79. The Balaban J connectivity index is 1.72. The summed E-state index contributed by atoms with van der Waals surface area (Å²) in [6, 6.07) is 5.36. The summed E-state index contributed by atoms with van der Waals surface area (Å²) in [7, 11) is 0. The second kappa shape index (κ2) is 21.9. The zero-order valence-electron chi connectivity index (χ0n) is 33.1. The van der Waals surface area contributed by atoms with Crippen molar-refractivity contribution in [2.24, 2.45) is 28.8 Å². The van der Waals surface area contributed by atoms with Crippen LogP contribution in [0.3, 0.4) is 0 Å². The number of hydrogen-bond acceptors (Lipinski definition) is 10. The molecular formula is C44H66N2O9. The minimum Gasteiger partial charge on any atom is -0.490 e. The number of nitrogens with zero attached hydrogens (tertiary/aromatic N) is 2. The molecule has 1 amide bonds. The van der Waals surface area contributed by atoms with E-state index in [-0.39, 0.29) is 69.2 Å². The van der Waals surface area contributed by atoms with Crippen LogP contribution in [0.15, 0.2) is 60.3 Å². The van der Waals surface area contributed by atoms with Crippen LogP contribution in [-0.4, -0.2) is 103 Å². The third-order valence-corrected chi connectivity index (χ3v) is 12.0. The largest absolute Gasteiger partial charge is 0.490 e. The second-order valence-corrected chi connectivity index (χ2v) is 15.4. The summed E-state index contributed by atoms with van der Waals surface area (Å²) in [5.74, 6) is 0.379. The second-order valence-electron chi connectivity index (χ2n) is 15.4. The molecule has 1 aromatic carbocycles. The number of oxime groups is 1.